The van der Waals surface area contributed by atoms with E-state index in [1.54, 1.807) is 0 Å². The van der Waals surface area contributed by atoms with Gasteiger partial charge < -0.3 is 15.6 Å². The minimum absolute atomic E-state index is 0.537. The van der Waals surface area contributed by atoms with Crippen LogP contribution in [0.1, 0.15) is 18.5 Å². The minimum atomic E-state index is 0.537. The number of H-pyrrole nitrogens is 2. The molecule has 3 heterocycles. The van der Waals surface area contributed by atoms with Gasteiger partial charge in [0.1, 0.15) is 11.5 Å². The first kappa shape index (κ1) is 13.4. The van der Waals surface area contributed by atoms with Gasteiger partial charge in [-0.3, -0.25) is 5.10 Å². The molecule has 1 fully saturated rings. The van der Waals surface area contributed by atoms with Crippen LogP contribution in [0.15, 0.2) is 30.5 Å². The highest BCUT2D eigenvalue weighted by atomic mass is 15.2. The van der Waals surface area contributed by atoms with E-state index in [2.05, 4.69) is 35.8 Å². The zero-order valence-electron chi connectivity index (χ0n) is 13.2. The molecule has 5 rings (SSSR count). The molecule has 4 aromatic rings. The van der Waals surface area contributed by atoms with Gasteiger partial charge in [-0.15, -0.1) is 0 Å². The Balaban J connectivity index is 1.52. The lowest BCUT2D eigenvalue weighted by atomic mass is 10.2. The molecule has 0 aliphatic heterocycles. The van der Waals surface area contributed by atoms with E-state index >= 15 is 0 Å². The number of aromatic nitrogens is 5. The Kier molecular flexibility index (Phi) is 2.76. The summed E-state index contributed by atoms with van der Waals surface area (Å²) in [5.74, 6) is 1.45. The van der Waals surface area contributed by atoms with Crippen LogP contribution < -0.4 is 10.6 Å². The fourth-order valence-electron chi connectivity index (χ4n) is 2.89. The van der Waals surface area contributed by atoms with Crippen molar-refractivity contribution in [3.8, 4) is 0 Å². The number of aryl methyl sites for hydroxylation is 1. The predicted octanol–water partition coefficient (Wildman–Crippen LogP) is 3.46. The molecule has 0 atom stereocenters. The smallest absolute Gasteiger partial charge is 0.231 e. The van der Waals surface area contributed by atoms with Crippen molar-refractivity contribution >= 4 is 39.4 Å². The monoisotopic (exact) mass is 319 g/mol. The number of anilines is 3. The molecule has 7 heteroatoms. The summed E-state index contributed by atoms with van der Waals surface area (Å²) in [5, 5.41) is 16.2. The van der Waals surface area contributed by atoms with Crippen LogP contribution in [0.3, 0.4) is 0 Å². The van der Waals surface area contributed by atoms with Crippen LogP contribution >= 0.6 is 0 Å². The maximum absolute atomic E-state index is 4.65. The van der Waals surface area contributed by atoms with Crippen molar-refractivity contribution in [2.75, 3.05) is 10.6 Å². The number of benzene rings is 1. The standard InChI is InChI=1S/C17H17N7/c1-9-12-5-4-11(8-14(12)24-23-9)20-17-21-15-13(6-7-18-15)16(22-17)19-10-2-3-10/h4-8,10H,2-3H2,1H3,(H,23,24)(H3,18,19,20,21,22). The molecule has 0 saturated heterocycles. The van der Waals surface area contributed by atoms with Crippen LogP contribution in [0.4, 0.5) is 17.5 Å². The largest absolute Gasteiger partial charge is 0.367 e. The minimum Gasteiger partial charge on any atom is -0.367 e. The Labute approximate surface area is 137 Å². The van der Waals surface area contributed by atoms with Crippen molar-refractivity contribution in [1.29, 1.82) is 0 Å². The van der Waals surface area contributed by atoms with E-state index in [0.29, 0.717) is 12.0 Å². The van der Waals surface area contributed by atoms with Crippen LogP contribution in [-0.2, 0) is 0 Å². The van der Waals surface area contributed by atoms with Gasteiger partial charge in [0.2, 0.25) is 5.95 Å². The lowest BCUT2D eigenvalue weighted by Crippen LogP contribution is -2.06. The average Bonchev–Trinajstić information content (AvgIpc) is 3.13. The summed E-state index contributed by atoms with van der Waals surface area (Å²) in [4.78, 5) is 12.4. The molecule has 0 radical (unpaired) electrons. The summed E-state index contributed by atoms with van der Waals surface area (Å²) >= 11 is 0. The van der Waals surface area contributed by atoms with Gasteiger partial charge in [-0.1, -0.05) is 0 Å². The fraction of sp³-hybridized carbons (Fsp3) is 0.235. The number of hydrogen-bond donors (Lipinski definition) is 4. The van der Waals surface area contributed by atoms with Crippen LogP contribution in [0.2, 0.25) is 0 Å². The Morgan fingerprint density at radius 1 is 1.12 bits per heavy atom. The molecule has 24 heavy (non-hydrogen) atoms. The van der Waals surface area contributed by atoms with Crippen LogP contribution in [0.25, 0.3) is 21.9 Å². The van der Waals surface area contributed by atoms with Crippen LogP contribution in [-0.4, -0.2) is 31.2 Å². The first-order valence-corrected chi connectivity index (χ1v) is 8.10. The van der Waals surface area contributed by atoms with Gasteiger partial charge in [0, 0.05) is 23.3 Å². The SMILES string of the molecule is Cc1n[nH]c2cc(Nc3nc(NC4CC4)c4cc[nH]c4n3)ccc12. The Bertz CT molecular complexity index is 1040. The van der Waals surface area contributed by atoms with E-state index in [9.17, 15) is 0 Å². The van der Waals surface area contributed by atoms with Crippen molar-refractivity contribution in [3.05, 3.63) is 36.2 Å². The number of hydrogen-bond acceptors (Lipinski definition) is 5. The first-order chi connectivity index (χ1) is 11.8. The summed E-state index contributed by atoms with van der Waals surface area (Å²) in [6, 6.07) is 8.62. The molecule has 3 aromatic heterocycles. The van der Waals surface area contributed by atoms with Gasteiger partial charge in [0.05, 0.1) is 16.6 Å². The van der Waals surface area contributed by atoms with Gasteiger partial charge in [-0.25, -0.2) is 0 Å². The zero-order chi connectivity index (χ0) is 16.1. The second kappa shape index (κ2) is 4.95. The topological polar surface area (TPSA) is 94.3 Å². The van der Waals surface area contributed by atoms with Gasteiger partial charge in [0.25, 0.3) is 0 Å². The Morgan fingerprint density at radius 3 is 2.92 bits per heavy atom. The van der Waals surface area contributed by atoms with Gasteiger partial charge in [-0.05, 0) is 44.0 Å². The van der Waals surface area contributed by atoms with Crippen molar-refractivity contribution in [2.24, 2.45) is 0 Å². The number of nitrogens with one attached hydrogen (secondary N) is 4. The molecule has 0 bridgehead atoms. The second-order valence-electron chi connectivity index (χ2n) is 6.25. The van der Waals surface area contributed by atoms with Crippen molar-refractivity contribution in [2.45, 2.75) is 25.8 Å². The van der Waals surface area contributed by atoms with Crippen LogP contribution in [0, 0.1) is 6.92 Å². The summed E-state index contributed by atoms with van der Waals surface area (Å²) in [7, 11) is 0. The fourth-order valence-corrected chi connectivity index (χ4v) is 2.89. The molecule has 0 spiro atoms. The van der Waals surface area contributed by atoms with E-state index in [1.165, 1.54) is 12.8 Å². The third-order valence-electron chi connectivity index (χ3n) is 4.34. The molecule has 1 saturated carbocycles. The maximum Gasteiger partial charge on any atom is 0.231 e. The molecule has 4 N–H and O–H groups in total. The van der Waals surface area contributed by atoms with Crippen molar-refractivity contribution in [3.63, 3.8) is 0 Å². The van der Waals surface area contributed by atoms with E-state index in [4.69, 9.17) is 0 Å². The molecule has 0 amide bonds. The highest BCUT2D eigenvalue weighted by Gasteiger charge is 2.23. The predicted molar refractivity (Wildman–Crippen MR) is 94.6 cm³/mol. The Hall–Kier alpha value is -3.09. The summed E-state index contributed by atoms with van der Waals surface area (Å²) in [6.07, 6.45) is 4.30. The van der Waals surface area contributed by atoms with Crippen molar-refractivity contribution in [1.82, 2.24) is 25.1 Å². The lowest BCUT2D eigenvalue weighted by Gasteiger charge is -2.09. The number of rotatable bonds is 4. The number of nitrogens with zero attached hydrogens (tertiary/aromatic N) is 3. The zero-order valence-corrected chi connectivity index (χ0v) is 13.2. The molecule has 7 nitrogen and oxygen atoms in total. The quantitative estimate of drug-likeness (QED) is 0.462. The average molecular weight is 319 g/mol. The van der Waals surface area contributed by atoms with Crippen LogP contribution in [0.5, 0.6) is 0 Å². The number of fused-ring (bicyclic) bond motifs is 2. The highest BCUT2D eigenvalue weighted by Crippen LogP contribution is 2.29. The third-order valence-corrected chi connectivity index (χ3v) is 4.34. The summed E-state index contributed by atoms with van der Waals surface area (Å²) in [6.45, 7) is 1.99. The van der Waals surface area contributed by atoms with Gasteiger partial charge in [0.15, 0.2) is 0 Å². The van der Waals surface area contributed by atoms with E-state index in [1.807, 2.05) is 37.4 Å². The number of aromatic amines is 2. The van der Waals surface area contributed by atoms with Gasteiger partial charge in [-0.2, -0.15) is 15.1 Å². The van der Waals surface area contributed by atoms with Gasteiger partial charge >= 0.3 is 0 Å². The molecule has 1 aliphatic carbocycles. The van der Waals surface area contributed by atoms with E-state index < -0.39 is 0 Å². The lowest BCUT2D eigenvalue weighted by molar-refractivity contribution is 1.07. The normalized spacial score (nSPS) is 14.4. The summed E-state index contributed by atoms with van der Waals surface area (Å²) < 4.78 is 0. The first-order valence-electron chi connectivity index (χ1n) is 8.10. The highest BCUT2D eigenvalue weighted by molar-refractivity contribution is 5.89. The maximum atomic E-state index is 4.65. The molecule has 0 unspecified atom stereocenters. The van der Waals surface area contributed by atoms with Crippen molar-refractivity contribution < 1.29 is 0 Å². The molecular formula is C17H17N7. The molecule has 1 aromatic carbocycles. The van der Waals surface area contributed by atoms with E-state index in [-0.39, 0.29) is 0 Å². The third kappa shape index (κ3) is 2.25. The molecule has 1 aliphatic rings. The molecular weight excluding hydrogens is 302 g/mol. The second-order valence-corrected chi connectivity index (χ2v) is 6.25. The summed E-state index contributed by atoms with van der Waals surface area (Å²) in [5.41, 5.74) is 3.75. The Morgan fingerprint density at radius 2 is 2.04 bits per heavy atom. The van der Waals surface area contributed by atoms with E-state index in [0.717, 1.165) is 39.1 Å². The molecule has 120 valence electrons.